The normalized spacial score (nSPS) is 16.8. The Morgan fingerprint density at radius 2 is 2.19 bits per heavy atom. The molecule has 0 amide bonds. The maximum Gasteiger partial charge on any atom is 0.341 e. The number of carboxylic acids is 1. The van der Waals surface area contributed by atoms with E-state index in [4.69, 9.17) is 9.47 Å². The van der Waals surface area contributed by atoms with Gasteiger partial charge in [-0.3, -0.25) is 9.48 Å². The minimum Gasteiger partial charge on any atom is -0.487 e. The second-order valence-corrected chi connectivity index (χ2v) is 5.72. The van der Waals surface area contributed by atoms with Crippen molar-refractivity contribution in [1.82, 2.24) is 9.78 Å². The van der Waals surface area contributed by atoms with E-state index in [-0.39, 0.29) is 23.0 Å². The lowest BCUT2D eigenvalue weighted by Crippen LogP contribution is -2.25. The highest BCUT2D eigenvalue weighted by atomic mass is 19.3. The maximum absolute atomic E-state index is 12.6. The fourth-order valence-electron chi connectivity index (χ4n) is 2.70. The second-order valence-electron chi connectivity index (χ2n) is 5.72. The van der Waals surface area contributed by atoms with Gasteiger partial charge in [-0.05, 0) is 18.6 Å². The lowest BCUT2D eigenvalue weighted by Gasteiger charge is -2.16. The van der Waals surface area contributed by atoms with Gasteiger partial charge in [0.2, 0.25) is 5.43 Å². The van der Waals surface area contributed by atoms with Gasteiger partial charge in [-0.2, -0.15) is 5.10 Å². The highest BCUT2D eigenvalue weighted by Crippen LogP contribution is 2.28. The molecule has 7 nitrogen and oxygen atoms in total. The monoisotopic (exact) mass is 366 g/mol. The van der Waals surface area contributed by atoms with E-state index in [1.807, 2.05) is 0 Å². The number of aromatic carboxylic acids is 1. The molecule has 1 fully saturated rings. The number of alkyl halides is 2. The van der Waals surface area contributed by atoms with Crippen molar-refractivity contribution in [3.05, 3.63) is 46.2 Å². The SMILES string of the molecule is O=C(O)c1cn([C@@H]2CCOC2)nc(-c2ccccc2OCC(F)F)c1=O. The van der Waals surface area contributed by atoms with Gasteiger partial charge in [-0.15, -0.1) is 0 Å². The summed E-state index contributed by atoms with van der Waals surface area (Å²) < 4.78 is 36.7. The van der Waals surface area contributed by atoms with Crippen molar-refractivity contribution >= 4 is 5.97 Å². The number of aromatic nitrogens is 2. The van der Waals surface area contributed by atoms with Gasteiger partial charge in [0.05, 0.1) is 12.6 Å². The van der Waals surface area contributed by atoms with Crippen LogP contribution in [0, 0.1) is 0 Å². The molecule has 0 unspecified atom stereocenters. The molecule has 9 heteroatoms. The first-order valence-corrected chi connectivity index (χ1v) is 7.92. The quantitative estimate of drug-likeness (QED) is 0.843. The van der Waals surface area contributed by atoms with Crippen LogP contribution in [0.25, 0.3) is 11.3 Å². The molecule has 1 aromatic carbocycles. The Hall–Kier alpha value is -2.81. The van der Waals surface area contributed by atoms with Crippen LogP contribution in [0.1, 0.15) is 22.8 Å². The molecule has 0 saturated carbocycles. The van der Waals surface area contributed by atoms with Gasteiger partial charge in [-0.25, -0.2) is 13.6 Å². The third kappa shape index (κ3) is 3.72. The molecule has 1 aliphatic heterocycles. The van der Waals surface area contributed by atoms with Crippen molar-refractivity contribution in [3.63, 3.8) is 0 Å². The molecule has 26 heavy (non-hydrogen) atoms. The zero-order valence-corrected chi connectivity index (χ0v) is 13.6. The summed E-state index contributed by atoms with van der Waals surface area (Å²) in [7, 11) is 0. The van der Waals surface area contributed by atoms with Gasteiger partial charge in [0.25, 0.3) is 6.43 Å². The summed E-state index contributed by atoms with van der Waals surface area (Å²) in [5, 5.41) is 13.6. The Kier molecular flexibility index (Phi) is 5.27. The molecule has 2 aromatic rings. The number of hydrogen-bond acceptors (Lipinski definition) is 5. The minimum atomic E-state index is -2.69. The number of hydrogen-bond donors (Lipinski definition) is 1. The second kappa shape index (κ2) is 7.61. The van der Waals surface area contributed by atoms with E-state index in [0.29, 0.717) is 19.6 Å². The maximum atomic E-state index is 12.6. The molecule has 3 rings (SSSR count). The smallest absolute Gasteiger partial charge is 0.341 e. The van der Waals surface area contributed by atoms with Crippen molar-refractivity contribution in [2.75, 3.05) is 19.8 Å². The summed E-state index contributed by atoms with van der Waals surface area (Å²) in [5.74, 6) is -1.36. The van der Waals surface area contributed by atoms with E-state index in [9.17, 15) is 23.5 Å². The van der Waals surface area contributed by atoms with Crippen LogP contribution in [0.4, 0.5) is 8.78 Å². The standard InChI is InChI=1S/C17H16F2N2O5/c18-14(19)9-26-13-4-2-1-3-11(13)15-16(22)12(17(23)24)7-21(20-15)10-5-6-25-8-10/h1-4,7,10,14H,5-6,8-9H2,(H,23,24)/t10-/m1/s1. The van der Waals surface area contributed by atoms with Gasteiger partial charge in [0, 0.05) is 18.4 Å². The van der Waals surface area contributed by atoms with Gasteiger partial charge >= 0.3 is 5.97 Å². The molecule has 0 radical (unpaired) electrons. The molecular weight excluding hydrogens is 350 g/mol. The lowest BCUT2D eigenvalue weighted by molar-refractivity contribution is 0.0693. The van der Waals surface area contributed by atoms with Crippen LogP contribution in [0.15, 0.2) is 35.3 Å². The summed E-state index contributed by atoms with van der Waals surface area (Å²) in [5.41, 5.74) is -1.26. The van der Waals surface area contributed by atoms with Gasteiger partial charge in [0.1, 0.15) is 23.6 Å². The Morgan fingerprint density at radius 3 is 2.85 bits per heavy atom. The van der Waals surface area contributed by atoms with Crippen molar-refractivity contribution in [2.24, 2.45) is 0 Å². The largest absolute Gasteiger partial charge is 0.487 e. The van der Waals surface area contributed by atoms with Crippen LogP contribution < -0.4 is 10.2 Å². The third-order valence-corrected chi connectivity index (χ3v) is 3.95. The number of carbonyl (C=O) groups is 1. The summed E-state index contributed by atoms with van der Waals surface area (Å²) in [4.78, 5) is 24.0. The Bertz CT molecular complexity index is 862. The predicted octanol–water partition coefficient (Wildman–Crippen LogP) is 2.21. The van der Waals surface area contributed by atoms with Gasteiger partial charge < -0.3 is 14.6 Å². The highest BCUT2D eigenvalue weighted by molar-refractivity contribution is 5.88. The van der Waals surface area contributed by atoms with E-state index < -0.39 is 30.0 Å². The van der Waals surface area contributed by atoms with Crippen molar-refractivity contribution < 1.29 is 28.2 Å². The molecule has 1 aromatic heterocycles. The molecule has 0 aliphatic carbocycles. The predicted molar refractivity (Wildman–Crippen MR) is 86.9 cm³/mol. The van der Waals surface area contributed by atoms with E-state index in [1.54, 1.807) is 12.1 Å². The Morgan fingerprint density at radius 1 is 1.42 bits per heavy atom. The molecule has 0 bridgehead atoms. The first kappa shape index (κ1) is 18.0. The summed E-state index contributed by atoms with van der Waals surface area (Å²) in [6.45, 7) is 0.00247. The third-order valence-electron chi connectivity index (χ3n) is 3.95. The van der Waals surface area contributed by atoms with Crippen LogP contribution in [0.5, 0.6) is 5.75 Å². The molecule has 138 valence electrons. The van der Waals surface area contributed by atoms with Crippen molar-refractivity contribution in [3.8, 4) is 17.0 Å². The van der Waals surface area contributed by atoms with E-state index in [0.717, 1.165) is 0 Å². The minimum absolute atomic E-state index is 0.0363. The number of ether oxygens (including phenoxy) is 2. The molecular formula is C17H16F2N2O5. The molecule has 0 spiro atoms. The molecule has 1 atom stereocenters. The average molecular weight is 366 g/mol. The highest BCUT2D eigenvalue weighted by Gasteiger charge is 2.24. The molecule has 1 aliphatic rings. The zero-order valence-electron chi connectivity index (χ0n) is 13.6. The Labute approximate surface area is 146 Å². The molecule has 1 saturated heterocycles. The summed E-state index contributed by atoms with van der Waals surface area (Å²) in [6, 6.07) is 5.85. The number of carboxylic acid groups (broad SMARTS) is 1. The van der Waals surface area contributed by atoms with Crippen LogP contribution >= 0.6 is 0 Å². The van der Waals surface area contributed by atoms with Crippen molar-refractivity contribution in [2.45, 2.75) is 18.9 Å². The first-order chi connectivity index (χ1) is 12.5. The zero-order chi connectivity index (χ0) is 18.7. The number of benzene rings is 1. The van der Waals surface area contributed by atoms with Gasteiger partial charge in [-0.1, -0.05) is 12.1 Å². The van der Waals surface area contributed by atoms with Crippen molar-refractivity contribution in [1.29, 1.82) is 0 Å². The van der Waals surface area contributed by atoms with Gasteiger partial charge in [0.15, 0.2) is 0 Å². The fraction of sp³-hybridized carbons (Fsp3) is 0.353. The van der Waals surface area contributed by atoms with Crippen LogP contribution in [-0.4, -0.2) is 47.1 Å². The first-order valence-electron chi connectivity index (χ1n) is 7.92. The van der Waals surface area contributed by atoms with E-state index >= 15 is 0 Å². The summed E-state index contributed by atoms with van der Waals surface area (Å²) >= 11 is 0. The van der Waals surface area contributed by atoms with Crippen LogP contribution in [-0.2, 0) is 4.74 Å². The average Bonchev–Trinajstić information content (AvgIpc) is 3.15. The van der Waals surface area contributed by atoms with E-state index in [1.165, 1.54) is 23.0 Å². The van der Waals surface area contributed by atoms with Crippen LogP contribution in [0.2, 0.25) is 0 Å². The Balaban J connectivity index is 2.12. The molecule has 2 heterocycles. The molecule has 1 N–H and O–H groups in total. The number of rotatable bonds is 6. The van der Waals surface area contributed by atoms with E-state index in [2.05, 4.69) is 5.10 Å². The summed E-state index contributed by atoms with van der Waals surface area (Å²) in [6.07, 6.45) is -0.887. The topological polar surface area (TPSA) is 90.7 Å². The fourth-order valence-corrected chi connectivity index (χ4v) is 2.70. The van der Waals surface area contributed by atoms with Crippen LogP contribution in [0.3, 0.4) is 0 Å². The number of halogens is 2. The lowest BCUT2D eigenvalue weighted by atomic mass is 10.1. The number of nitrogens with zero attached hydrogens (tertiary/aromatic N) is 2. The number of para-hydroxylation sites is 1.